The number of hydrogen-bond acceptors (Lipinski definition) is 2. The van der Waals surface area contributed by atoms with Crippen molar-refractivity contribution >= 4 is 12.4 Å². The number of rotatable bonds is 2. The molecule has 2 aromatic rings. The van der Waals surface area contributed by atoms with Gasteiger partial charge in [-0.25, -0.2) is 8.78 Å². The van der Waals surface area contributed by atoms with Crippen LogP contribution in [-0.4, -0.2) is 23.3 Å². The lowest BCUT2D eigenvalue weighted by atomic mass is 9.88. The highest BCUT2D eigenvalue weighted by Crippen LogP contribution is 2.32. The summed E-state index contributed by atoms with van der Waals surface area (Å²) in [5.74, 6) is -1.39. The Morgan fingerprint density at radius 2 is 1.85 bits per heavy atom. The first-order valence-electron chi connectivity index (χ1n) is 6.45. The molecule has 0 aliphatic carbocycles. The molecule has 0 spiro atoms. The second-order valence-electron chi connectivity index (χ2n) is 4.84. The van der Waals surface area contributed by atoms with Gasteiger partial charge in [0, 0.05) is 17.3 Å². The molecule has 1 aliphatic rings. The predicted molar refractivity (Wildman–Crippen MR) is 76.0 cm³/mol. The molecule has 0 saturated carbocycles. The zero-order valence-corrected chi connectivity index (χ0v) is 11.6. The Kier molecular flexibility index (Phi) is 4.73. The van der Waals surface area contributed by atoms with Crippen LogP contribution in [-0.2, 0) is 0 Å². The molecule has 1 saturated heterocycles. The lowest BCUT2D eigenvalue weighted by molar-refractivity contribution is 0.430. The minimum Gasteiger partial charge on any atom is -0.317 e. The van der Waals surface area contributed by atoms with Gasteiger partial charge in [0.2, 0.25) is 0 Å². The molecule has 0 radical (unpaired) electrons. The smallest absolute Gasteiger partial charge is 0.167 e. The molecule has 1 aliphatic heterocycles. The van der Waals surface area contributed by atoms with Crippen LogP contribution in [0.3, 0.4) is 0 Å². The largest absolute Gasteiger partial charge is 0.317 e. The lowest BCUT2D eigenvalue weighted by Gasteiger charge is -2.23. The molecular formula is C14H16ClF2N3. The highest BCUT2D eigenvalue weighted by Gasteiger charge is 2.22. The highest BCUT2D eigenvalue weighted by atomic mass is 35.5. The number of aromatic amines is 1. The minimum atomic E-state index is -0.780. The number of nitrogens with zero attached hydrogens (tertiary/aromatic N) is 1. The topological polar surface area (TPSA) is 40.7 Å². The number of halogens is 3. The Morgan fingerprint density at radius 1 is 1.10 bits per heavy atom. The molecule has 1 aromatic carbocycles. The number of piperidine rings is 1. The zero-order chi connectivity index (χ0) is 13.2. The van der Waals surface area contributed by atoms with E-state index in [9.17, 15) is 8.78 Å². The summed E-state index contributed by atoms with van der Waals surface area (Å²) >= 11 is 0. The van der Waals surface area contributed by atoms with Gasteiger partial charge in [0.15, 0.2) is 11.6 Å². The molecule has 2 N–H and O–H groups in total. The van der Waals surface area contributed by atoms with E-state index in [1.807, 2.05) is 0 Å². The molecule has 0 amide bonds. The molecule has 0 unspecified atom stereocenters. The van der Waals surface area contributed by atoms with Gasteiger partial charge in [-0.15, -0.1) is 12.4 Å². The molecule has 0 bridgehead atoms. The van der Waals surface area contributed by atoms with Gasteiger partial charge in [0.25, 0.3) is 0 Å². The van der Waals surface area contributed by atoms with Crippen molar-refractivity contribution in [1.82, 2.24) is 15.5 Å². The van der Waals surface area contributed by atoms with Gasteiger partial charge in [-0.3, -0.25) is 5.10 Å². The van der Waals surface area contributed by atoms with E-state index in [1.165, 1.54) is 6.20 Å². The molecule has 20 heavy (non-hydrogen) atoms. The Balaban J connectivity index is 0.00000147. The van der Waals surface area contributed by atoms with Crippen molar-refractivity contribution in [3.05, 3.63) is 41.7 Å². The van der Waals surface area contributed by atoms with Crippen molar-refractivity contribution in [2.45, 2.75) is 18.8 Å². The van der Waals surface area contributed by atoms with Crippen molar-refractivity contribution in [1.29, 1.82) is 0 Å². The fourth-order valence-electron chi connectivity index (χ4n) is 2.63. The van der Waals surface area contributed by atoms with Crippen LogP contribution in [0.4, 0.5) is 8.78 Å². The van der Waals surface area contributed by atoms with Gasteiger partial charge < -0.3 is 5.32 Å². The maximum atomic E-state index is 14.2. The molecule has 3 rings (SSSR count). The first kappa shape index (κ1) is 14.9. The van der Waals surface area contributed by atoms with Gasteiger partial charge in [0.05, 0.1) is 6.20 Å². The van der Waals surface area contributed by atoms with Crippen LogP contribution in [0.15, 0.2) is 24.5 Å². The van der Waals surface area contributed by atoms with Gasteiger partial charge in [-0.2, -0.15) is 5.10 Å². The standard InChI is InChI=1S/C14H15F2N3.ClH/c15-13-11(9-3-5-17-6-4-9)1-2-12(14(13)16)10-7-18-19-8-10;/h1-2,7-9,17H,3-6H2,(H,18,19);1H. The van der Waals surface area contributed by atoms with E-state index < -0.39 is 11.6 Å². The molecule has 1 fully saturated rings. The zero-order valence-electron chi connectivity index (χ0n) is 10.8. The Bertz CT molecular complexity index is 566. The van der Waals surface area contributed by atoms with Crippen LogP contribution in [0.1, 0.15) is 24.3 Å². The molecule has 108 valence electrons. The maximum absolute atomic E-state index is 14.2. The van der Waals surface area contributed by atoms with Crippen molar-refractivity contribution in [3.8, 4) is 11.1 Å². The Hall–Kier alpha value is -1.46. The molecule has 0 atom stereocenters. The number of aromatic nitrogens is 2. The summed E-state index contributed by atoms with van der Waals surface area (Å²) in [5, 5.41) is 9.59. The molecular weight excluding hydrogens is 284 g/mol. The monoisotopic (exact) mass is 299 g/mol. The summed E-state index contributed by atoms with van der Waals surface area (Å²) in [7, 11) is 0. The summed E-state index contributed by atoms with van der Waals surface area (Å²) in [6.45, 7) is 1.71. The SMILES string of the molecule is Cl.Fc1c(-c2cn[nH]c2)ccc(C2CCNCC2)c1F. The number of benzene rings is 1. The third kappa shape index (κ3) is 2.69. The highest BCUT2D eigenvalue weighted by molar-refractivity contribution is 5.85. The van der Waals surface area contributed by atoms with Crippen LogP contribution in [0, 0.1) is 11.6 Å². The fourth-order valence-corrected chi connectivity index (χ4v) is 2.63. The average molecular weight is 300 g/mol. The second kappa shape index (κ2) is 6.33. The van der Waals surface area contributed by atoms with Crippen LogP contribution < -0.4 is 5.32 Å². The quantitative estimate of drug-likeness (QED) is 0.894. The summed E-state index contributed by atoms with van der Waals surface area (Å²) in [4.78, 5) is 0. The van der Waals surface area contributed by atoms with Crippen molar-refractivity contribution < 1.29 is 8.78 Å². The van der Waals surface area contributed by atoms with E-state index in [0.717, 1.165) is 25.9 Å². The van der Waals surface area contributed by atoms with Crippen molar-refractivity contribution in [3.63, 3.8) is 0 Å². The number of nitrogens with one attached hydrogen (secondary N) is 2. The molecule has 3 nitrogen and oxygen atoms in total. The van der Waals surface area contributed by atoms with E-state index in [4.69, 9.17) is 0 Å². The van der Waals surface area contributed by atoms with Crippen LogP contribution in [0.2, 0.25) is 0 Å². The van der Waals surface area contributed by atoms with Crippen LogP contribution in [0.25, 0.3) is 11.1 Å². The fraction of sp³-hybridized carbons (Fsp3) is 0.357. The number of H-pyrrole nitrogens is 1. The minimum absolute atomic E-state index is 0. The first-order valence-corrected chi connectivity index (χ1v) is 6.45. The lowest BCUT2D eigenvalue weighted by Crippen LogP contribution is -2.27. The normalized spacial score (nSPS) is 15.9. The van der Waals surface area contributed by atoms with Gasteiger partial charge in [-0.05, 0) is 37.4 Å². The van der Waals surface area contributed by atoms with Gasteiger partial charge >= 0.3 is 0 Å². The molecule has 2 heterocycles. The summed E-state index contributed by atoms with van der Waals surface area (Å²) in [6, 6.07) is 3.34. The molecule has 6 heteroatoms. The van der Waals surface area contributed by atoms with E-state index in [0.29, 0.717) is 11.1 Å². The van der Waals surface area contributed by atoms with E-state index in [2.05, 4.69) is 15.5 Å². The Labute approximate surface area is 122 Å². The van der Waals surface area contributed by atoms with Crippen molar-refractivity contribution in [2.24, 2.45) is 0 Å². The first-order chi connectivity index (χ1) is 9.27. The van der Waals surface area contributed by atoms with Crippen molar-refractivity contribution in [2.75, 3.05) is 13.1 Å². The van der Waals surface area contributed by atoms with E-state index >= 15 is 0 Å². The summed E-state index contributed by atoms with van der Waals surface area (Å²) < 4.78 is 28.4. The van der Waals surface area contributed by atoms with Crippen LogP contribution in [0.5, 0.6) is 0 Å². The summed E-state index contributed by atoms with van der Waals surface area (Å²) in [6.07, 6.45) is 4.74. The third-order valence-corrected chi connectivity index (χ3v) is 3.70. The van der Waals surface area contributed by atoms with Gasteiger partial charge in [0.1, 0.15) is 0 Å². The second-order valence-corrected chi connectivity index (χ2v) is 4.84. The predicted octanol–water partition coefficient (Wildman–Crippen LogP) is 3.24. The Morgan fingerprint density at radius 3 is 2.50 bits per heavy atom. The van der Waals surface area contributed by atoms with E-state index in [1.54, 1.807) is 18.3 Å². The number of hydrogen-bond donors (Lipinski definition) is 2. The van der Waals surface area contributed by atoms with Gasteiger partial charge in [-0.1, -0.05) is 12.1 Å². The molecule has 1 aromatic heterocycles. The van der Waals surface area contributed by atoms with Crippen LogP contribution >= 0.6 is 12.4 Å². The van der Waals surface area contributed by atoms with E-state index in [-0.39, 0.29) is 23.9 Å². The summed E-state index contributed by atoms with van der Waals surface area (Å²) in [5.41, 5.74) is 1.31. The maximum Gasteiger partial charge on any atom is 0.167 e. The third-order valence-electron chi connectivity index (χ3n) is 3.70. The average Bonchev–Trinajstić information content (AvgIpc) is 2.97.